The predicted molar refractivity (Wildman–Crippen MR) is 47.9 cm³/mol. The molecule has 1 aliphatic heterocycles. The molecule has 0 aromatic heterocycles. The highest BCUT2D eigenvalue weighted by atomic mass is 32.2. The summed E-state index contributed by atoms with van der Waals surface area (Å²) in [5, 5.41) is 0.560. The Morgan fingerprint density at radius 1 is 1.36 bits per heavy atom. The van der Waals surface area contributed by atoms with Crippen molar-refractivity contribution in [1.82, 2.24) is 0 Å². The van der Waals surface area contributed by atoms with Crippen LogP contribution in [0.3, 0.4) is 0 Å². The zero-order chi connectivity index (χ0) is 8.06. The Labute approximate surface area is 71.0 Å². The molecule has 0 amide bonds. The summed E-state index contributed by atoms with van der Waals surface area (Å²) in [7, 11) is -0.498. The van der Waals surface area contributed by atoms with Crippen LogP contribution in [-0.4, -0.2) is 15.2 Å². The third-order valence-electron chi connectivity index (χ3n) is 3.31. The van der Waals surface area contributed by atoms with E-state index in [0.717, 1.165) is 11.7 Å². The smallest absolute Gasteiger partial charge is 0.0381 e. The van der Waals surface area contributed by atoms with E-state index in [2.05, 4.69) is 13.8 Å². The van der Waals surface area contributed by atoms with Crippen LogP contribution in [-0.2, 0) is 10.8 Å². The van der Waals surface area contributed by atoms with Crippen LogP contribution >= 0.6 is 0 Å². The van der Waals surface area contributed by atoms with Crippen molar-refractivity contribution in [1.29, 1.82) is 0 Å². The maximum absolute atomic E-state index is 11.6. The lowest BCUT2D eigenvalue weighted by Gasteiger charge is -2.23. The van der Waals surface area contributed by atoms with E-state index in [9.17, 15) is 4.21 Å². The lowest BCUT2D eigenvalue weighted by molar-refractivity contribution is 0.277. The highest BCUT2D eigenvalue weighted by molar-refractivity contribution is 7.86. The highest BCUT2D eigenvalue weighted by Gasteiger charge is 2.48. The fraction of sp³-hybridized carbons (Fsp3) is 1.00. The van der Waals surface area contributed by atoms with Crippen LogP contribution in [0.15, 0.2) is 0 Å². The first-order chi connectivity index (χ1) is 5.11. The third-order valence-corrected chi connectivity index (χ3v) is 5.58. The first-order valence-corrected chi connectivity index (χ1v) is 5.87. The Hall–Kier alpha value is 0.150. The first kappa shape index (κ1) is 7.78. The van der Waals surface area contributed by atoms with E-state index in [1.54, 1.807) is 0 Å². The summed E-state index contributed by atoms with van der Waals surface area (Å²) in [5.41, 5.74) is 0.367. The lowest BCUT2D eigenvalue weighted by atomic mass is 9.80. The fourth-order valence-electron chi connectivity index (χ4n) is 2.72. The molecular weight excluding hydrogens is 156 g/mol. The summed E-state index contributed by atoms with van der Waals surface area (Å²) in [6.07, 6.45) is 3.86. The van der Waals surface area contributed by atoms with E-state index in [-0.39, 0.29) is 0 Å². The minimum atomic E-state index is -0.498. The van der Waals surface area contributed by atoms with Gasteiger partial charge in [-0.3, -0.25) is 4.21 Å². The second kappa shape index (κ2) is 2.32. The standard InChI is InChI=1S/C9H16OS/c1-9(2)6-11(10)8-5-3-4-7(8)9/h7-8H,3-6H2,1-2H3/t7-,8+,11?/m1/s1. The second-order valence-electron chi connectivity index (χ2n) is 4.59. The average molecular weight is 172 g/mol. The van der Waals surface area contributed by atoms with Crippen molar-refractivity contribution in [3.8, 4) is 0 Å². The zero-order valence-corrected chi connectivity index (χ0v) is 8.12. The van der Waals surface area contributed by atoms with Gasteiger partial charge < -0.3 is 0 Å². The fourth-order valence-corrected chi connectivity index (χ4v) is 5.18. The van der Waals surface area contributed by atoms with Gasteiger partial charge in [-0.05, 0) is 24.2 Å². The monoisotopic (exact) mass is 172 g/mol. The number of hydrogen-bond donors (Lipinski definition) is 0. The van der Waals surface area contributed by atoms with Gasteiger partial charge >= 0.3 is 0 Å². The van der Waals surface area contributed by atoms with Crippen molar-refractivity contribution in [2.75, 3.05) is 5.75 Å². The van der Waals surface area contributed by atoms with Crippen LogP contribution in [0.25, 0.3) is 0 Å². The van der Waals surface area contributed by atoms with Gasteiger partial charge in [0.2, 0.25) is 0 Å². The molecule has 1 unspecified atom stereocenters. The quantitative estimate of drug-likeness (QED) is 0.546. The SMILES string of the molecule is CC1(C)CS(=O)[C@H]2CCC[C@H]21. The summed E-state index contributed by atoms with van der Waals surface area (Å²) in [4.78, 5) is 0. The van der Waals surface area contributed by atoms with Crippen molar-refractivity contribution in [2.45, 2.75) is 38.4 Å². The van der Waals surface area contributed by atoms with Crippen LogP contribution in [0.5, 0.6) is 0 Å². The van der Waals surface area contributed by atoms with E-state index in [4.69, 9.17) is 0 Å². The number of fused-ring (bicyclic) bond motifs is 1. The Morgan fingerprint density at radius 3 is 2.73 bits per heavy atom. The summed E-state index contributed by atoms with van der Waals surface area (Å²) in [6.45, 7) is 4.56. The number of hydrogen-bond acceptors (Lipinski definition) is 1. The molecule has 1 nitrogen and oxygen atoms in total. The number of rotatable bonds is 0. The molecule has 2 aliphatic rings. The van der Waals surface area contributed by atoms with Crippen LogP contribution in [0.1, 0.15) is 33.1 Å². The van der Waals surface area contributed by atoms with E-state index in [1.165, 1.54) is 19.3 Å². The molecule has 0 spiro atoms. The van der Waals surface area contributed by atoms with Crippen LogP contribution < -0.4 is 0 Å². The maximum atomic E-state index is 11.6. The minimum absolute atomic E-state index is 0.367. The van der Waals surface area contributed by atoms with Crippen LogP contribution in [0, 0.1) is 11.3 Å². The van der Waals surface area contributed by atoms with Crippen molar-refractivity contribution in [2.24, 2.45) is 11.3 Å². The van der Waals surface area contributed by atoms with Crippen LogP contribution in [0.2, 0.25) is 0 Å². The molecule has 0 aromatic carbocycles. The second-order valence-corrected chi connectivity index (χ2v) is 6.25. The van der Waals surface area contributed by atoms with Crippen molar-refractivity contribution >= 4 is 10.8 Å². The Balaban J connectivity index is 2.27. The van der Waals surface area contributed by atoms with Gasteiger partial charge in [-0.1, -0.05) is 20.3 Å². The Bertz CT molecular complexity index is 198. The Kier molecular flexibility index (Phi) is 1.64. The van der Waals surface area contributed by atoms with Crippen LogP contribution in [0.4, 0.5) is 0 Å². The maximum Gasteiger partial charge on any atom is 0.0381 e. The summed E-state index contributed by atoms with van der Waals surface area (Å²) in [6, 6.07) is 0. The molecule has 2 fully saturated rings. The predicted octanol–water partition coefficient (Wildman–Crippen LogP) is 1.94. The van der Waals surface area contributed by atoms with Gasteiger partial charge in [0.25, 0.3) is 0 Å². The molecule has 3 atom stereocenters. The molecule has 11 heavy (non-hydrogen) atoms. The van der Waals surface area contributed by atoms with Gasteiger partial charge in [-0.2, -0.15) is 0 Å². The topological polar surface area (TPSA) is 17.1 Å². The summed E-state index contributed by atoms with van der Waals surface area (Å²) < 4.78 is 11.6. The van der Waals surface area contributed by atoms with Gasteiger partial charge in [0.15, 0.2) is 0 Å². The largest absolute Gasteiger partial charge is 0.259 e. The lowest BCUT2D eigenvalue weighted by Crippen LogP contribution is -2.22. The summed E-state index contributed by atoms with van der Waals surface area (Å²) >= 11 is 0. The van der Waals surface area contributed by atoms with Crippen molar-refractivity contribution < 1.29 is 4.21 Å². The first-order valence-electron chi connectivity index (χ1n) is 4.48. The zero-order valence-electron chi connectivity index (χ0n) is 7.30. The van der Waals surface area contributed by atoms with Gasteiger partial charge in [0.1, 0.15) is 0 Å². The minimum Gasteiger partial charge on any atom is -0.259 e. The molecule has 1 heterocycles. The van der Waals surface area contributed by atoms with Gasteiger partial charge in [-0.25, -0.2) is 0 Å². The molecule has 0 N–H and O–H groups in total. The molecular formula is C9H16OS. The van der Waals surface area contributed by atoms with Crippen molar-refractivity contribution in [3.05, 3.63) is 0 Å². The van der Waals surface area contributed by atoms with E-state index >= 15 is 0 Å². The molecule has 0 aromatic rings. The van der Waals surface area contributed by atoms with Gasteiger partial charge in [-0.15, -0.1) is 0 Å². The van der Waals surface area contributed by atoms with Crippen molar-refractivity contribution in [3.63, 3.8) is 0 Å². The van der Waals surface area contributed by atoms with Gasteiger partial charge in [0.05, 0.1) is 0 Å². The average Bonchev–Trinajstić information content (AvgIpc) is 2.37. The van der Waals surface area contributed by atoms with E-state index in [0.29, 0.717) is 10.7 Å². The molecule has 1 saturated heterocycles. The molecule has 2 rings (SSSR count). The normalized spacial score (nSPS) is 47.6. The van der Waals surface area contributed by atoms with E-state index < -0.39 is 10.8 Å². The highest BCUT2D eigenvalue weighted by Crippen LogP contribution is 2.48. The molecule has 0 bridgehead atoms. The molecule has 2 heteroatoms. The summed E-state index contributed by atoms with van der Waals surface area (Å²) in [5.74, 6) is 1.71. The molecule has 1 saturated carbocycles. The molecule has 1 aliphatic carbocycles. The Morgan fingerprint density at radius 2 is 2.09 bits per heavy atom. The van der Waals surface area contributed by atoms with Gasteiger partial charge in [0, 0.05) is 21.8 Å². The molecule has 0 radical (unpaired) electrons. The third kappa shape index (κ3) is 1.07. The van der Waals surface area contributed by atoms with E-state index in [1.807, 2.05) is 0 Å². The molecule has 64 valence electrons.